The Morgan fingerprint density at radius 3 is 2.20 bits per heavy atom. The van der Waals surface area contributed by atoms with Gasteiger partial charge in [-0.2, -0.15) is 0 Å². The fourth-order valence-corrected chi connectivity index (χ4v) is 2.00. The lowest BCUT2D eigenvalue weighted by molar-refractivity contribution is -0.0875. The predicted molar refractivity (Wildman–Crippen MR) is 36.5 cm³/mol. The van der Waals surface area contributed by atoms with Gasteiger partial charge in [-0.15, -0.1) is 0 Å². The van der Waals surface area contributed by atoms with Crippen LogP contribution in [-0.2, 0) is 0 Å². The highest BCUT2D eigenvalue weighted by atomic mass is 16.3. The van der Waals surface area contributed by atoms with Crippen molar-refractivity contribution in [2.45, 2.75) is 31.1 Å². The van der Waals surface area contributed by atoms with E-state index in [0.29, 0.717) is 5.92 Å². The van der Waals surface area contributed by atoms with Crippen LogP contribution >= 0.6 is 0 Å². The molecule has 3 heteroatoms. The Morgan fingerprint density at radius 2 is 1.90 bits per heavy atom. The third-order valence-corrected chi connectivity index (χ3v) is 2.74. The smallest absolute Gasteiger partial charge is 0.0954 e. The van der Waals surface area contributed by atoms with Crippen molar-refractivity contribution in [2.24, 2.45) is 5.92 Å². The van der Waals surface area contributed by atoms with Crippen LogP contribution in [-0.4, -0.2) is 35.0 Å². The van der Waals surface area contributed by atoms with Crippen molar-refractivity contribution >= 4 is 0 Å². The molecule has 3 fully saturated rings. The highest BCUT2D eigenvalue weighted by Gasteiger charge is 2.41. The van der Waals surface area contributed by atoms with E-state index >= 15 is 0 Å². The fourth-order valence-electron chi connectivity index (χ4n) is 2.00. The predicted octanol–water partition coefficient (Wildman–Crippen LogP) is -0.910. The maximum Gasteiger partial charge on any atom is 0.0954 e. The summed E-state index contributed by atoms with van der Waals surface area (Å²) in [5, 5.41) is 21.9. The quantitative estimate of drug-likeness (QED) is 0.411. The van der Waals surface area contributed by atoms with Gasteiger partial charge in [0.05, 0.1) is 12.2 Å². The van der Waals surface area contributed by atoms with Crippen molar-refractivity contribution in [3.05, 3.63) is 0 Å². The van der Waals surface area contributed by atoms with Gasteiger partial charge in [-0.1, -0.05) is 0 Å². The first-order valence-electron chi connectivity index (χ1n) is 3.88. The number of nitrogens with one attached hydrogen (secondary N) is 1. The lowest BCUT2D eigenvalue weighted by atomic mass is 9.77. The Bertz CT molecular complexity index is 112. The number of hydrogen-bond acceptors (Lipinski definition) is 3. The maximum atomic E-state index is 9.38. The van der Waals surface area contributed by atoms with Crippen LogP contribution in [0, 0.1) is 5.92 Å². The topological polar surface area (TPSA) is 52.5 Å². The van der Waals surface area contributed by atoms with Crippen LogP contribution in [0.3, 0.4) is 0 Å². The van der Waals surface area contributed by atoms with Crippen molar-refractivity contribution in [3.63, 3.8) is 0 Å². The van der Waals surface area contributed by atoms with Gasteiger partial charge in [-0.25, -0.2) is 0 Å². The summed E-state index contributed by atoms with van der Waals surface area (Å²) in [7, 11) is 0. The van der Waals surface area contributed by atoms with Crippen LogP contribution in [0.2, 0.25) is 0 Å². The first-order valence-corrected chi connectivity index (χ1v) is 3.88. The lowest BCUT2D eigenvalue weighted by Crippen LogP contribution is -2.61. The van der Waals surface area contributed by atoms with Gasteiger partial charge < -0.3 is 15.5 Å². The third-order valence-electron chi connectivity index (χ3n) is 2.74. The van der Waals surface area contributed by atoms with E-state index < -0.39 is 12.2 Å². The number of hydrogen-bond donors (Lipinski definition) is 3. The first kappa shape index (κ1) is 6.58. The minimum atomic E-state index is -0.521. The maximum absolute atomic E-state index is 9.38. The number of aliphatic hydroxyl groups excluding tert-OH is 2. The van der Waals surface area contributed by atoms with Crippen molar-refractivity contribution in [1.82, 2.24) is 5.32 Å². The third kappa shape index (κ3) is 0.779. The van der Waals surface area contributed by atoms with E-state index in [9.17, 15) is 10.2 Å². The van der Waals surface area contributed by atoms with Gasteiger partial charge in [0.1, 0.15) is 0 Å². The van der Waals surface area contributed by atoms with Gasteiger partial charge in [0, 0.05) is 12.6 Å². The fraction of sp³-hybridized carbons (Fsp3) is 1.00. The zero-order valence-electron chi connectivity index (χ0n) is 5.83. The normalized spacial score (nSPS) is 53.4. The van der Waals surface area contributed by atoms with E-state index in [4.69, 9.17) is 0 Å². The highest BCUT2D eigenvalue weighted by Crippen LogP contribution is 2.29. The highest BCUT2D eigenvalue weighted by molar-refractivity contribution is 4.97. The molecule has 0 spiro atoms. The summed E-state index contributed by atoms with van der Waals surface area (Å²) in [5.41, 5.74) is 0. The lowest BCUT2D eigenvalue weighted by Gasteiger charge is -2.44. The van der Waals surface area contributed by atoms with E-state index in [0.717, 1.165) is 19.4 Å². The van der Waals surface area contributed by atoms with Crippen LogP contribution in [0.25, 0.3) is 0 Å². The van der Waals surface area contributed by atoms with Gasteiger partial charge in [-0.05, 0) is 18.8 Å². The Balaban J connectivity index is 2.13. The number of fused-ring (bicyclic) bond motifs is 3. The van der Waals surface area contributed by atoms with Crippen molar-refractivity contribution in [1.29, 1.82) is 0 Å². The van der Waals surface area contributed by atoms with E-state index in [2.05, 4.69) is 5.32 Å². The van der Waals surface area contributed by atoms with Gasteiger partial charge in [0.2, 0.25) is 0 Å². The largest absolute Gasteiger partial charge is 0.390 e. The SMILES string of the molecule is O[C@H]1[C@H]2CC[C@@H](NC2)[C@H]1O. The first-order chi connectivity index (χ1) is 4.79. The summed E-state index contributed by atoms with van der Waals surface area (Å²) < 4.78 is 0. The van der Waals surface area contributed by atoms with Crippen molar-refractivity contribution in [2.75, 3.05) is 6.54 Å². The number of aliphatic hydroxyl groups is 2. The molecule has 3 rings (SSSR count). The molecule has 58 valence electrons. The summed E-state index contributed by atoms with van der Waals surface area (Å²) >= 11 is 0. The molecule has 3 aliphatic rings. The van der Waals surface area contributed by atoms with Gasteiger partial charge >= 0.3 is 0 Å². The zero-order chi connectivity index (χ0) is 7.14. The van der Waals surface area contributed by atoms with Crippen molar-refractivity contribution < 1.29 is 10.2 Å². The van der Waals surface area contributed by atoms with Crippen molar-refractivity contribution in [3.8, 4) is 0 Å². The molecule has 0 amide bonds. The van der Waals surface area contributed by atoms with E-state index in [1.165, 1.54) is 0 Å². The molecule has 10 heavy (non-hydrogen) atoms. The molecular weight excluding hydrogens is 130 g/mol. The van der Waals surface area contributed by atoms with Gasteiger partial charge in [0.25, 0.3) is 0 Å². The van der Waals surface area contributed by atoms with Crippen LogP contribution in [0.4, 0.5) is 0 Å². The summed E-state index contributed by atoms with van der Waals surface area (Å²) in [6.07, 6.45) is 1.09. The van der Waals surface area contributed by atoms with Crippen LogP contribution in [0.1, 0.15) is 12.8 Å². The second kappa shape index (κ2) is 2.19. The Morgan fingerprint density at radius 1 is 1.10 bits per heavy atom. The van der Waals surface area contributed by atoms with Gasteiger partial charge in [-0.3, -0.25) is 0 Å². The molecule has 1 aliphatic carbocycles. The van der Waals surface area contributed by atoms with Crippen LogP contribution < -0.4 is 5.32 Å². The zero-order valence-corrected chi connectivity index (χ0v) is 5.83. The summed E-state index contributed by atoms with van der Waals surface area (Å²) in [6, 6.07) is 0.153. The second-order valence-corrected chi connectivity index (χ2v) is 3.33. The molecule has 3 nitrogen and oxygen atoms in total. The Kier molecular flexibility index (Phi) is 1.44. The molecule has 0 unspecified atom stereocenters. The van der Waals surface area contributed by atoms with E-state index in [1.54, 1.807) is 0 Å². The summed E-state index contributed by atoms with van der Waals surface area (Å²) in [5.74, 6) is 0.292. The van der Waals surface area contributed by atoms with E-state index in [1.807, 2.05) is 0 Å². The minimum absolute atomic E-state index is 0.153. The molecule has 2 heterocycles. The molecule has 2 aliphatic heterocycles. The summed E-state index contributed by atoms with van der Waals surface area (Å²) in [4.78, 5) is 0. The molecule has 0 aromatic heterocycles. The molecule has 2 bridgehead atoms. The molecule has 2 saturated heterocycles. The number of piperidine rings is 2. The molecular formula is C7H13NO2. The Labute approximate surface area is 60.1 Å². The molecule has 1 saturated carbocycles. The molecule has 0 aromatic carbocycles. The Hall–Kier alpha value is -0.120. The molecule has 3 N–H and O–H groups in total. The molecule has 0 radical (unpaired) electrons. The van der Waals surface area contributed by atoms with E-state index in [-0.39, 0.29) is 6.04 Å². The molecule has 0 aromatic rings. The average molecular weight is 143 g/mol. The standard InChI is InChI=1S/C7H13NO2/c9-6-4-1-2-5(7(6)10)8-3-4/h4-10H,1-3H2/t4-,5+,6-,7+/m0/s1. The number of rotatable bonds is 0. The monoisotopic (exact) mass is 143 g/mol. The summed E-state index contributed by atoms with van der Waals surface area (Å²) in [6.45, 7) is 0.878. The molecule has 4 atom stereocenters. The van der Waals surface area contributed by atoms with Gasteiger partial charge in [0.15, 0.2) is 0 Å². The van der Waals surface area contributed by atoms with Crippen LogP contribution in [0.15, 0.2) is 0 Å². The van der Waals surface area contributed by atoms with Crippen LogP contribution in [0.5, 0.6) is 0 Å². The second-order valence-electron chi connectivity index (χ2n) is 3.33. The minimum Gasteiger partial charge on any atom is -0.390 e. The average Bonchev–Trinajstić information content (AvgIpc) is 2.00.